The predicted molar refractivity (Wildman–Crippen MR) is 136 cm³/mol. The number of carbonyl (C=O) groups excluding carboxylic acids is 1. The van der Waals surface area contributed by atoms with Crippen molar-refractivity contribution in [3.8, 4) is 22.8 Å². The Kier molecular flexibility index (Phi) is 7.44. The number of ether oxygens (including phenoxy) is 1. The molecule has 0 aliphatic carbocycles. The molecule has 0 saturated heterocycles. The van der Waals surface area contributed by atoms with E-state index >= 15 is 0 Å². The van der Waals surface area contributed by atoms with Gasteiger partial charge in [-0.3, -0.25) is 14.3 Å². The van der Waals surface area contributed by atoms with Gasteiger partial charge in [0, 0.05) is 49.1 Å². The Labute approximate surface area is 203 Å². The van der Waals surface area contributed by atoms with Gasteiger partial charge < -0.3 is 15.0 Å². The van der Waals surface area contributed by atoms with Crippen LogP contribution in [0.5, 0.6) is 5.75 Å². The van der Waals surface area contributed by atoms with Gasteiger partial charge in [0.05, 0.1) is 12.4 Å². The van der Waals surface area contributed by atoms with Gasteiger partial charge in [-0.05, 0) is 67.6 Å². The lowest BCUT2D eigenvalue weighted by Gasteiger charge is -2.13. The first-order chi connectivity index (χ1) is 16.5. The minimum absolute atomic E-state index is 0.119. The molecule has 2 aromatic heterocycles. The van der Waals surface area contributed by atoms with Crippen molar-refractivity contribution in [1.82, 2.24) is 19.7 Å². The molecule has 0 aliphatic heterocycles. The molecule has 0 bridgehead atoms. The average Bonchev–Trinajstić information content (AvgIpc) is 3.28. The first kappa shape index (κ1) is 23.3. The summed E-state index contributed by atoms with van der Waals surface area (Å²) in [6, 6.07) is 19.2. The van der Waals surface area contributed by atoms with Crippen LogP contribution in [-0.2, 0) is 4.79 Å². The van der Waals surface area contributed by atoms with Gasteiger partial charge in [-0.15, -0.1) is 10.2 Å². The van der Waals surface area contributed by atoms with E-state index in [0.29, 0.717) is 17.6 Å². The van der Waals surface area contributed by atoms with Crippen LogP contribution in [0.25, 0.3) is 17.1 Å². The molecule has 4 aromatic rings. The summed E-state index contributed by atoms with van der Waals surface area (Å²) in [5.74, 6) is 1.51. The molecule has 0 saturated carbocycles. The van der Waals surface area contributed by atoms with Gasteiger partial charge in [-0.1, -0.05) is 11.8 Å². The van der Waals surface area contributed by atoms with Crippen LogP contribution in [0, 0.1) is 0 Å². The minimum Gasteiger partial charge on any atom is -0.494 e. The van der Waals surface area contributed by atoms with Crippen molar-refractivity contribution < 1.29 is 9.53 Å². The quantitative estimate of drug-likeness (QED) is 0.357. The van der Waals surface area contributed by atoms with E-state index in [1.54, 1.807) is 12.4 Å². The lowest BCUT2D eigenvalue weighted by atomic mass is 10.2. The first-order valence-electron chi connectivity index (χ1n) is 10.8. The molecule has 1 amide bonds. The van der Waals surface area contributed by atoms with Crippen molar-refractivity contribution in [3.63, 3.8) is 0 Å². The number of nitrogens with zero attached hydrogens (tertiary/aromatic N) is 5. The van der Waals surface area contributed by atoms with Crippen molar-refractivity contribution in [1.29, 1.82) is 0 Å². The molecule has 0 radical (unpaired) electrons. The molecule has 174 valence electrons. The Morgan fingerprint density at radius 1 is 1.06 bits per heavy atom. The summed E-state index contributed by atoms with van der Waals surface area (Å²) in [5, 5.41) is 12.3. The Balaban J connectivity index is 1.54. The third-order valence-corrected chi connectivity index (χ3v) is 5.89. The number of aromatic nitrogens is 4. The number of pyridine rings is 1. The van der Waals surface area contributed by atoms with E-state index in [0.717, 1.165) is 28.4 Å². The Hall–Kier alpha value is -3.85. The van der Waals surface area contributed by atoms with Crippen LogP contribution >= 0.6 is 11.8 Å². The van der Waals surface area contributed by atoms with Crippen LogP contribution in [-0.4, -0.2) is 52.1 Å². The highest BCUT2D eigenvalue weighted by Gasteiger charge is 2.18. The van der Waals surface area contributed by atoms with Crippen molar-refractivity contribution in [3.05, 3.63) is 73.1 Å². The zero-order valence-corrected chi connectivity index (χ0v) is 20.1. The lowest BCUT2D eigenvalue weighted by Crippen LogP contribution is -2.15. The molecule has 0 fully saturated rings. The Bertz CT molecular complexity index is 1220. The van der Waals surface area contributed by atoms with Crippen LogP contribution in [0.2, 0.25) is 0 Å². The normalized spacial score (nSPS) is 10.7. The summed E-state index contributed by atoms with van der Waals surface area (Å²) in [7, 11) is 3.95. The van der Waals surface area contributed by atoms with Crippen molar-refractivity contribution >= 4 is 29.0 Å². The number of thioether (sulfide) groups is 1. The van der Waals surface area contributed by atoms with E-state index in [2.05, 4.69) is 20.5 Å². The lowest BCUT2D eigenvalue weighted by molar-refractivity contribution is -0.113. The van der Waals surface area contributed by atoms with Gasteiger partial charge in [0.15, 0.2) is 11.0 Å². The fourth-order valence-corrected chi connectivity index (χ4v) is 4.06. The fraction of sp³-hybridized carbons (Fsp3) is 0.200. The fourth-order valence-electron chi connectivity index (χ4n) is 3.31. The largest absolute Gasteiger partial charge is 0.494 e. The molecule has 1 N–H and O–H groups in total. The molecule has 2 aromatic carbocycles. The second-order valence-corrected chi connectivity index (χ2v) is 8.53. The summed E-state index contributed by atoms with van der Waals surface area (Å²) in [6.07, 6.45) is 3.46. The monoisotopic (exact) mass is 474 g/mol. The first-order valence-corrected chi connectivity index (χ1v) is 11.8. The number of hydrogen-bond acceptors (Lipinski definition) is 7. The second-order valence-electron chi connectivity index (χ2n) is 7.59. The third kappa shape index (κ3) is 5.55. The van der Waals surface area contributed by atoms with Crippen LogP contribution in [0.4, 0.5) is 11.4 Å². The third-order valence-electron chi connectivity index (χ3n) is 4.96. The maximum atomic E-state index is 12.6. The maximum Gasteiger partial charge on any atom is 0.234 e. The molecule has 0 atom stereocenters. The number of anilines is 2. The standard InChI is InChI=1S/C25H26N6O2S/c1-4-33-22-13-11-21(12-14-22)31-24(18-6-5-15-26-16-18)28-29-25(31)34-17-23(32)27-19-7-9-20(10-8-19)30(2)3/h5-16H,4,17H2,1-3H3,(H,27,32). The minimum atomic E-state index is -0.119. The number of amides is 1. The molecule has 0 unspecified atom stereocenters. The SMILES string of the molecule is CCOc1ccc(-n2c(SCC(=O)Nc3ccc(N(C)C)cc3)nnc2-c2cccnc2)cc1. The van der Waals surface area contributed by atoms with Gasteiger partial charge in [0.2, 0.25) is 5.91 Å². The summed E-state index contributed by atoms with van der Waals surface area (Å²) in [4.78, 5) is 18.8. The molecule has 0 spiro atoms. The molecule has 2 heterocycles. The van der Waals surface area contributed by atoms with Gasteiger partial charge in [0.25, 0.3) is 0 Å². The summed E-state index contributed by atoms with van der Waals surface area (Å²) in [6.45, 7) is 2.55. The van der Waals surface area contributed by atoms with E-state index in [1.807, 2.05) is 91.1 Å². The van der Waals surface area contributed by atoms with Crippen LogP contribution in [0.15, 0.2) is 78.2 Å². The molecule has 34 heavy (non-hydrogen) atoms. The van der Waals surface area contributed by atoms with Crippen LogP contribution in [0.1, 0.15) is 6.92 Å². The van der Waals surface area contributed by atoms with Gasteiger partial charge in [-0.2, -0.15) is 0 Å². The summed E-state index contributed by atoms with van der Waals surface area (Å²) >= 11 is 1.32. The summed E-state index contributed by atoms with van der Waals surface area (Å²) in [5.41, 5.74) is 3.52. The highest BCUT2D eigenvalue weighted by atomic mass is 32.2. The van der Waals surface area contributed by atoms with Crippen molar-refractivity contribution in [2.45, 2.75) is 12.1 Å². The smallest absolute Gasteiger partial charge is 0.234 e. The zero-order chi connectivity index (χ0) is 23.9. The topological polar surface area (TPSA) is 85.2 Å². The van der Waals surface area contributed by atoms with E-state index in [9.17, 15) is 4.79 Å². The molecule has 4 rings (SSSR count). The number of hydrogen-bond donors (Lipinski definition) is 1. The number of rotatable bonds is 9. The van der Waals surface area contributed by atoms with Crippen molar-refractivity contribution in [2.24, 2.45) is 0 Å². The zero-order valence-electron chi connectivity index (χ0n) is 19.3. The van der Waals surface area contributed by atoms with E-state index in [-0.39, 0.29) is 11.7 Å². The number of benzene rings is 2. The van der Waals surface area contributed by atoms with E-state index in [4.69, 9.17) is 4.74 Å². The highest BCUT2D eigenvalue weighted by Crippen LogP contribution is 2.29. The van der Waals surface area contributed by atoms with Gasteiger partial charge in [-0.25, -0.2) is 0 Å². The molecule has 8 nitrogen and oxygen atoms in total. The molecule has 9 heteroatoms. The molecular formula is C25H26N6O2S. The van der Waals surface area contributed by atoms with Crippen LogP contribution in [0.3, 0.4) is 0 Å². The average molecular weight is 475 g/mol. The van der Waals surface area contributed by atoms with E-state index < -0.39 is 0 Å². The maximum absolute atomic E-state index is 12.6. The van der Waals surface area contributed by atoms with Crippen molar-refractivity contribution in [2.75, 3.05) is 36.7 Å². The summed E-state index contributed by atoms with van der Waals surface area (Å²) < 4.78 is 7.50. The van der Waals surface area contributed by atoms with E-state index in [1.165, 1.54) is 11.8 Å². The number of carbonyl (C=O) groups is 1. The van der Waals surface area contributed by atoms with Gasteiger partial charge >= 0.3 is 0 Å². The predicted octanol–water partition coefficient (Wildman–Crippen LogP) is 4.52. The molecular weight excluding hydrogens is 448 g/mol. The highest BCUT2D eigenvalue weighted by molar-refractivity contribution is 7.99. The number of nitrogens with one attached hydrogen (secondary N) is 1. The Morgan fingerprint density at radius 3 is 2.47 bits per heavy atom. The van der Waals surface area contributed by atoms with Gasteiger partial charge in [0.1, 0.15) is 5.75 Å². The second kappa shape index (κ2) is 10.8. The molecule has 0 aliphatic rings. The van der Waals surface area contributed by atoms with Crippen LogP contribution < -0.4 is 15.0 Å². The Morgan fingerprint density at radius 2 is 1.82 bits per heavy atom.